The third kappa shape index (κ3) is 2.97. The summed E-state index contributed by atoms with van der Waals surface area (Å²) >= 11 is 4.41. The van der Waals surface area contributed by atoms with Gasteiger partial charge in [-0.2, -0.15) is 11.8 Å². The molecule has 0 bridgehead atoms. The average Bonchev–Trinajstić information content (AvgIpc) is 2.64. The number of thioether (sulfide) groups is 1. The number of hydrogen-bond acceptors (Lipinski definition) is 3. The monoisotopic (exact) mass is 348 g/mol. The number of nitrogens with one attached hydrogen (secondary N) is 1. The molecule has 0 spiro atoms. The fourth-order valence-electron chi connectivity index (χ4n) is 1.93. The summed E-state index contributed by atoms with van der Waals surface area (Å²) in [6.07, 6.45) is 2.66. The normalized spacial score (nSPS) is 24.6. The van der Waals surface area contributed by atoms with Gasteiger partial charge in [-0.25, -0.2) is 0 Å². The molecule has 1 fully saturated rings. The van der Waals surface area contributed by atoms with Gasteiger partial charge in [-0.15, -0.1) is 0 Å². The van der Waals surface area contributed by atoms with E-state index in [1.165, 1.54) is 27.9 Å². The number of hydrogen-bond donors (Lipinski definition) is 2. The molecule has 1 atom stereocenters. The van der Waals surface area contributed by atoms with Crippen LogP contribution in [0.1, 0.15) is 19.8 Å². The van der Waals surface area contributed by atoms with Crippen LogP contribution >= 0.6 is 34.4 Å². The van der Waals surface area contributed by atoms with Gasteiger partial charge in [0.25, 0.3) is 0 Å². The Morgan fingerprint density at radius 2 is 2.38 bits per heavy atom. The van der Waals surface area contributed by atoms with Gasteiger partial charge in [-0.3, -0.25) is 0 Å². The third-order valence-corrected chi connectivity index (χ3v) is 5.38. The summed E-state index contributed by atoms with van der Waals surface area (Å²) in [5.41, 5.74) is 7.76. The molecular weight excluding hydrogens is 331 g/mol. The molecular formula is C12H17IN2S. The molecule has 0 saturated carbocycles. The van der Waals surface area contributed by atoms with Crippen LogP contribution in [0.2, 0.25) is 0 Å². The van der Waals surface area contributed by atoms with Gasteiger partial charge in [0.05, 0.1) is 0 Å². The summed E-state index contributed by atoms with van der Waals surface area (Å²) in [4.78, 5) is 0. The van der Waals surface area contributed by atoms with Crippen molar-refractivity contribution in [2.24, 2.45) is 0 Å². The van der Waals surface area contributed by atoms with E-state index in [4.69, 9.17) is 5.73 Å². The molecule has 0 aliphatic carbocycles. The van der Waals surface area contributed by atoms with E-state index in [1.54, 1.807) is 0 Å². The smallest absolute Gasteiger partial charge is 0.0477 e. The molecule has 0 radical (unpaired) electrons. The van der Waals surface area contributed by atoms with E-state index in [9.17, 15) is 0 Å². The van der Waals surface area contributed by atoms with E-state index in [2.05, 4.69) is 52.7 Å². The molecule has 2 nitrogen and oxygen atoms in total. The second kappa shape index (κ2) is 5.04. The maximum Gasteiger partial charge on any atom is 0.0477 e. The first kappa shape index (κ1) is 12.4. The SMILES string of the molecule is CC1(CNc2ccc(N)cc2I)CCCS1. The molecule has 1 aromatic carbocycles. The van der Waals surface area contributed by atoms with Crippen LogP contribution in [-0.2, 0) is 0 Å². The van der Waals surface area contributed by atoms with Crippen LogP contribution in [0.15, 0.2) is 18.2 Å². The van der Waals surface area contributed by atoms with Gasteiger partial charge in [-0.05, 0) is 66.3 Å². The number of benzene rings is 1. The van der Waals surface area contributed by atoms with E-state index >= 15 is 0 Å². The van der Waals surface area contributed by atoms with Crippen molar-refractivity contribution in [2.75, 3.05) is 23.3 Å². The van der Waals surface area contributed by atoms with E-state index in [0.29, 0.717) is 4.75 Å². The van der Waals surface area contributed by atoms with Crippen molar-refractivity contribution in [2.45, 2.75) is 24.5 Å². The van der Waals surface area contributed by atoms with Crippen LogP contribution in [0.5, 0.6) is 0 Å². The highest BCUT2D eigenvalue weighted by atomic mass is 127. The molecule has 88 valence electrons. The van der Waals surface area contributed by atoms with Gasteiger partial charge in [0.2, 0.25) is 0 Å². The Labute approximate surface area is 115 Å². The first-order chi connectivity index (χ1) is 7.59. The highest BCUT2D eigenvalue weighted by Gasteiger charge is 2.29. The van der Waals surface area contributed by atoms with E-state index < -0.39 is 0 Å². The van der Waals surface area contributed by atoms with Crippen LogP contribution in [0.25, 0.3) is 0 Å². The van der Waals surface area contributed by atoms with Gasteiger partial charge in [0, 0.05) is 26.2 Å². The summed E-state index contributed by atoms with van der Waals surface area (Å²) in [6.45, 7) is 3.39. The lowest BCUT2D eigenvalue weighted by Crippen LogP contribution is -2.27. The van der Waals surface area contributed by atoms with Gasteiger partial charge < -0.3 is 11.1 Å². The lowest BCUT2D eigenvalue weighted by atomic mass is 10.1. The average molecular weight is 348 g/mol. The fraction of sp³-hybridized carbons (Fsp3) is 0.500. The molecule has 3 N–H and O–H groups in total. The number of rotatable bonds is 3. The second-order valence-electron chi connectivity index (χ2n) is 4.49. The summed E-state index contributed by atoms with van der Waals surface area (Å²) < 4.78 is 1.61. The Morgan fingerprint density at radius 3 is 3.00 bits per heavy atom. The van der Waals surface area contributed by atoms with Crippen molar-refractivity contribution in [1.82, 2.24) is 0 Å². The highest BCUT2D eigenvalue weighted by molar-refractivity contribution is 14.1. The zero-order chi connectivity index (χ0) is 11.6. The predicted molar refractivity (Wildman–Crippen MR) is 82.2 cm³/mol. The van der Waals surface area contributed by atoms with Crippen molar-refractivity contribution >= 4 is 45.7 Å². The van der Waals surface area contributed by atoms with Gasteiger partial charge in [-0.1, -0.05) is 0 Å². The minimum atomic E-state index is 0.407. The van der Waals surface area contributed by atoms with Crippen LogP contribution in [0.4, 0.5) is 11.4 Å². The van der Waals surface area contributed by atoms with Crippen molar-refractivity contribution in [3.63, 3.8) is 0 Å². The topological polar surface area (TPSA) is 38.0 Å². The molecule has 1 saturated heterocycles. The summed E-state index contributed by atoms with van der Waals surface area (Å²) in [5.74, 6) is 1.30. The zero-order valence-corrected chi connectivity index (χ0v) is 12.4. The Kier molecular flexibility index (Phi) is 3.89. The molecule has 1 aromatic rings. The van der Waals surface area contributed by atoms with Crippen LogP contribution < -0.4 is 11.1 Å². The fourth-order valence-corrected chi connectivity index (χ4v) is 3.91. The third-order valence-electron chi connectivity index (χ3n) is 2.95. The Hall–Kier alpha value is -0.100. The maximum absolute atomic E-state index is 5.74. The number of nitrogen functional groups attached to an aromatic ring is 1. The first-order valence-corrected chi connectivity index (χ1v) is 7.58. The molecule has 0 aromatic heterocycles. The first-order valence-electron chi connectivity index (χ1n) is 5.52. The lowest BCUT2D eigenvalue weighted by molar-refractivity contribution is 0.634. The van der Waals surface area contributed by atoms with E-state index in [0.717, 1.165) is 12.2 Å². The molecule has 1 aliphatic rings. The highest BCUT2D eigenvalue weighted by Crippen LogP contribution is 2.38. The van der Waals surface area contributed by atoms with Gasteiger partial charge in [0.15, 0.2) is 0 Å². The molecule has 2 rings (SSSR count). The minimum Gasteiger partial charge on any atom is -0.399 e. The number of anilines is 2. The zero-order valence-electron chi connectivity index (χ0n) is 9.42. The molecule has 1 unspecified atom stereocenters. The van der Waals surface area contributed by atoms with Gasteiger partial charge in [0.1, 0.15) is 0 Å². The molecule has 1 heterocycles. The summed E-state index contributed by atoms with van der Waals surface area (Å²) in [7, 11) is 0. The van der Waals surface area contributed by atoms with Crippen molar-refractivity contribution in [3.05, 3.63) is 21.8 Å². The van der Waals surface area contributed by atoms with E-state index in [-0.39, 0.29) is 0 Å². The van der Waals surface area contributed by atoms with Crippen molar-refractivity contribution < 1.29 is 0 Å². The number of nitrogens with two attached hydrogens (primary N) is 1. The minimum absolute atomic E-state index is 0.407. The van der Waals surface area contributed by atoms with Crippen LogP contribution in [0.3, 0.4) is 0 Å². The van der Waals surface area contributed by atoms with E-state index in [1.807, 2.05) is 12.1 Å². The van der Waals surface area contributed by atoms with Crippen molar-refractivity contribution in [3.8, 4) is 0 Å². The molecule has 4 heteroatoms. The van der Waals surface area contributed by atoms with Crippen LogP contribution in [-0.4, -0.2) is 17.0 Å². The Balaban J connectivity index is 1.99. The Bertz CT molecular complexity index is 375. The molecule has 0 amide bonds. The summed E-state index contributed by atoms with van der Waals surface area (Å²) in [6, 6.07) is 6.03. The maximum atomic E-state index is 5.74. The summed E-state index contributed by atoms with van der Waals surface area (Å²) in [5, 5.41) is 3.54. The molecule has 1 aliphatic heterocycles. The standard InChI is InChI=1S/C12H17IN2S/c1-12(5-2-6-16-12)8-15-11-4-3-9(14)7-10(11)13/h3-4,7,15H,2,5-6,8,14H2,1H3. The largest absolute Gasteiger partial charge is 0.399 e. The van der Waals surface area contributed by atoms with Crippen molar-refractivity contribution in [1.29, 1.82) is 0 Å². The Morgan fingerprint density at radius 1 is 1.56 bits per heavy atom. The number of halogens is 1. The molecule has 16 heavy (non-hydrogen) atoms. The second-order valence-corrected chi connectivity index (χ2v) is 7.34. The quantitative estimate of drug-likeness (QED) is 0.648. The lowest BCUT2D eigenvalue weighted by Gasteiger charge is -2.24. The van der Waals surface area contributed by atoms with Crippen LogP contribution in [0, 0.1) is 3.57 Å². The predicted octanol–water partition coefficient (Wildman–Crippen LogP) is 3.57. The van der Waals surface area contributed by atoms with Gasteiger partial charge >= 0.3 is 0 Å².